The molecule has 1 atom stereocenters. The monoisotopic (exact) mass is 281 g/mol. The molecule has 0 aromatic rings. The Morgan fingerprint density at radius 3 is 2.75 bits per heavy atom. The third kappa shape index (κ3) is 1.77. The minimum Gasteiger partial charge on any atom is -0.377 e. The minimum atomic E-state index is 0.545. The van der Waals surface area contributed by atoms with Crippen molar-refractivity contribution in [3.05, 3.63) is 0 Å². The van der Waals surface area contributed by atoms with Crippen molar-refractivity contribution < 1.29 is 4.74 Å². The van der Waals surface area contributed by atoms with Crippen LogP contribution < -0.4 is 5.32 Å². The molecule has 2 heterocycles. The summed E-state index contributed by atoms with van der Waals surface area (Å²) in [6.45, 7) is 3.40. The van der Waals surface area contributed by atoms with Gasteiger partial charge in [-0.15, -0.1) is 0 Å². The van der Waals surface area contributed by atoms with Crippen LogP contribution in [-0.2, 0) is 4.74 Å². The molecule has 3 heteroatoms. The summed E-state index contributed by atoms with van der Waals surface area (Å²) in [5.74, 6) is 0. The zero-order chi connectivity index (χ0) is 8.44. The minimum absolute atomic E-state index is 0.545. The molecule has 0 saturated carbocycles. The zero-order valence-electron chi connectivity index (χ0n) is 7.31. The predicted octanol–water partition coefficient (Wildman–Crippen LogP) is 1.58. The topological polar surface area (TPSA) is 21.3 Å². The normalized spacial score (nSPS) is 34.2. The lowest BCUT2D eigenvalue weighted by molar-refractivity contribution is 0.0984. The Morgan fingerprint density at radius 1 is 1.42 bits per heavy atom. The van der Waals surface area contributed by atoms with E-state index in [0.717, 1.165) is 11.0 Å². The van der Waals surface area contributed by atoms with E-state index in [-0.39, 0.29) is 0 Å². The third-order valence-electron chi connectivity index (χ3n) is 3.12. The summed E-state index contributed by atoms with van der Waals surface area (Å²) in [6.07, 6.45) is 4.49. The van der Waals surface area contributed by atoms with Crippen LogP contribution >= 0.6 is 22.6 Å². The van der Waals surface area contributed by atoms with Gasteiger partial charge in [-0.25, -0.2) is 0 Å². The Kier molecular flexibility index (Phi) is 2.92. The third-order valence-corrected chi connectivity index (χ3v) is 4.10. The molecule has 2 aliphatic heterocycles. The van der Waals surface area contributed by atoms with Gasteiger partial charge in [0.05, 0.1) is 12.7 Å². The van der Waals surface area contributed by atoms with Gasteiger partial charge in [0.15, 0.2) is 0 Å². The largest absolute Gasteiger partial charge is 0.377 e. The van der Waals surface area contributed by atoms with Gasteiger partial charge in [0.2, 0.25) is 0 Å². The molecule has 1 spiro atoms. The molecule has 0 unspecified atom stereocenters. The van der Waals surface area contributed by atoms with Crippen LogP contribution in [0.2, 0.25) is 0 Å². The highest BCUT2D eigenvalue weighted by molar-refractivity contribution is 14.1. The molecule has 0 aromatic carbocycles. The summed E-state index contributed by atoms with van der Waals surface area (Å²) in [5, 5.41) is 3.41. The molecule has 70 valence electrons. The van der Waals surface area contributed by atoms with Gasteiger partial charge in [0.1, 0.15) is 0 Å². The van der Waals surface area contributed by atoms with Crippen molar-refractivity contribution in [3.8, 4) is 0 Å². The van der Waals surface area contributed by atoms with E-state index in [1.165, 1.54) is 32.4 Å². The van der Waals surface area contributed by atoms with Crippen LogP contribution in [0.1, 0.15) is 19.3 Å². The number of nitrogens with one attached hydrogen (secondary N) is 1. The second-order valence-corrected chi connectivity index (χ2v) is 4.92. The molecule has 2 rings (SSSR count). The summed E-state index contributed by atoms with van der Waals surface area (Å²) in [7, 11) is 0. The first-order chi connectivity index (χ1) is 5.85. The summed E-state index contributed by atoms with van der Waals surface area (Å²) in [6, 6.07) is 0. The van der Waals surface area contributed by atoms with E-state index in [9.17, 15) is 0 Å². The van der Waals surface area contributed by atoms with E-state index in [0.29, 0.717) is 11.5 Å². The molecule has 0 aliphatic carbocycles. The first-order valence-corrected chi connectivity index (χ1v) is 6.26. The molecular weight excluding hydrogens is 265 g/mol. The Bertz CT molecular complexity index is 157. The zero-order valence-corrected chi connectivity index (χ0v) is 9.47. The average Bonchev–Trinajstić information content (AvgIpc) is 2.50. The van der Waals surface area contributed by atoms with Crippen molar-refractivity contribution in [2.45, 2.75) is 25.4 Å². The number of alkyl halides is 1. The van der Waals surface area contributed by atoms with Crippen LogP contribution in [0, 0.1) is 5.41 Å². The SMILES string of the molecule is IC[C@H]1CC2(CCNCC2)CO1. The smallest absolute Gasteiger partial charge is 0.0670 e. The summed E-state index contributed by atoms with van der Waals surface area (Å²) in [5.41, 5.74) is 0.557. The van der Waals surface area contributed by atoms with Gasteiger partial charge < -0.3 is 10.1 Å². The van der Waals surface area contributed by atoms with E-state index >= 15 is 0 Å². The Labute approximate surface area is 87.6 Å². The van der Waals surface area contributed by atoms with E-state index in [1.807, 2.05) is 0 Å². The Morgan fingerprint density at radius 2 is 2.17 bits per heavy atom. The lowest BCUT2D eigenvalue weighted by Gasteiger charge is -2.32. The van der Waals surface area contributed by atoms with Gasteiger partial charge in [-0.3, -0.25) is 0 Å². The maximum Gasteiger partial charge on any atom is 0.0670 e. The van der Waals surface area contributed by atoms with Crippen molar-refractivity contribution in [2.24, 2.45) is 5.41 Å². The number of hydrogen-bond acceptors (Lipinski definition) is 2. The van der Waals surface area contributed by atoms with Gasteiger partial charge in [-0.1, -0.05) is 22.6 Å². The molecule has 1 N–H and O–H groups in total. The Hall–Kier alpha value is 0.650. The standard InChI is InChI=1S/C9H16INO/c10-6-8-5-9(7-12-8)1-3-11-4-2-9/h8,11H,1-7H2/t8-/m1/s1. The molecule has 0 aromatic heterocycles. The van der Waals surface area contributed by atoms with Gasteiger partial charge in [0.25, 0.3) is 0 Å². The lowest BCUT2D eigenvalue weighted by Crippen LogP contribution is -2.37. The maximum atomic E-state index is 5.76. The first-order valence-electron chi connectivity index (χ1n) is 4.73. The second-order valence-electron chi connectivity index (χ2n) is 4.04. The highest BCUT2D eigenvalue weighted by Crippen LogP contribution is 2.40. The fraction of sp³-hybridized carbons (Fsp3) is 1.00. The molecule has 12 heavy (non-hydrogen) atoms. The van der Waals surface area contributed by atoms with E-state index < -0.39 is 0 Å². The number of hydrogen-bond donors (Lipinski definition) is 1. The molecule has 2 saturated heterocycles. The number of piperidine rings is 1. The van der Waals surface area contributed by atoms with Crippen molar-refractivity contribution >= 4 is 22.6 Å². The van der Waals surface area contributed by atoms with Gasteiger partial charge in [0, 0.05) is 4.43 Å². The molecule has 0 amide bonds. The molecular formula is C9H16INO. The van der Waals surface area contributed by atoms with Crippen LogP contribution in [0.4, 0.5) is 0 Å². The molecule has 2 fully saturated rings. The molecule has 0 bridgehead atoms. The van der Waals surface area contributed by atoms with Gasteiger partial charge in [-0.2, -0.15) is 0 Å². The van der Waals surface area contributed by atoms with Crippen molar-refractivity contribution in [1.82, 2.24) is 5.32 Å². The number of halogens is 1. The van der Waals surface area contributed by atoms with Gasteiger partial charge in [-0.05, 0) is 37.8 Å². The Balaban J connectivity index is 1.94. The van der Waals surface area contributed by atoms with Gasteiger partial charge >= 0.3 is 0 Å². The second kappa shape index (κ2) is 3.80. The molecule has 0 radical (unpaired) electrons. The van der Waals surface area contributed by atoms with Crippen molar-refractivity contribution in [2.75, 3.05) is 24.1 Å². The fourth-order valence-electron chi connectivity index (χ4n) is 2.30. The summed E-state index contributed by atoms with van der Waals surface area (Å²) < 4.78 is 6.92. The fourth-order valence-corrected chi connectivity index (χ4v) is 2.87. The van der Waals surface area contributed by atoms with Crippen molar-refractivity contribution in [3.63, 3.8) is 0 Å². The van der Waals surface area contributed by atoms with E-state index in [1.54, 1.807) is 0 Å². The average molecular weight is 281 g/mol. The van der Waals surface area contributed by atoms with E-state index in [4.69, 9.17) is 4.74 Å². The number of rotatable bonds is 1. The van der Waals surface area contributed by atoms with E-state index in [2.05, 4.69) is 27.9 Å². The quantitative estimate of drug-likeness (QED) is 0.582. The highest BCUT2D eigenvalue weighted by atomic mass is 127. The molecule has 2 nitrogen and oxygen atoms in total. The van der Waals surface area contributed by atoms with Crippen LogP contribution in [0.3, 0.4) is 0 Å². The van der Waals surface area contributed by atoms with Crippen LogP contribution in [0.25, 0.3) is 0 Å². The molecule has 2 aliphatic rings. The van der Waals surface area contributed by atoms with Crippen molar-refractivity contribution in [1.29, 1.82) is 0 Å². The lowest BCUT2D eigenvalue weighted by atomic mass is 9.77. The maximum absolute atomic E-state index is 5.76. The first kappa shape index (κ1) is 9.21. The summed E-state index contributed by atoms with van der Waals surface area (Å²) in [4.78, 5) is 0. The summed E-state index contributed by atoms with van der Waals surface area (Å²) >= 11 is 2.43. The van der Waals surface area contributed by atoms with Crippen LogP contribution in [0.15, 0.2) is 0 Å². The van der Waals surface area contributed by atoms with Crippen LogP contribution in [-0.4, -0.2) is 30.2 Å². The van der Waals surface area contributed by atoms with Crippen LogP contribution in [0.5, 0.6) is 0 Å². The highest BCUT2D eigenvalue weighted by Gasteiger charge is 2.40. The number of ether oxygens (including phenoxy) is 1. The predicted molar refractivity (Wildman–Crippen MR) is 57.8 cm³/mol.